The van der Waals surface area contributed by atoms with Crippen molar-refractivity contribution in [3.05, 3.63) is 96.1 Å². The maximum atomic E-state index is 5.68. The van der Waals surface area contributed by atoms with Gasteiger partial charge in [-0.1, -0.05) is 48.5 Å². The smallest absolute Gasteiger partial charge is 0.187 e. The van der Waals surface area contributed by atoms with E-state index in [2.05, 4.69) is 15.8 Å². The summed E-state index contributed by atoms with van der Waals surface area (Å²) in [5, 5.41) is 7.74. The fourth-order valence-corrected chi connectivity index (χ4v) is 2.59. The Morgan fingerprint density at radius 1 is 0.793 bits per heavy atom. The van der Waals surface area contributed by atoms with E-state index in [0.29, 0.717) is 24.9 Å². The zero-order valence-corrected chi connectivity index (χ0v) is 16.8. The van der Waals surface area contributed by atoms with Gasteiger partial charge in [0.05, 0.1) is 6.21 Å². The molecular formula is C23H23N3O2S. The molecule has 0 aliphatic heterocycles. The molecule has 0 aromatic heterocycles. The van der Waals surface area contributed by atoms with E-state index in [1.165, 1.54) is 0 Å². The molecule has 2 N–H and O–H groups in total. The molecule has 3 aromatic rings. The minimum absolute atomic E-state index is 0.475. The Bertz CT molecular complexity index is 900. The standard InChI is InChI=1S/C23H23N3O2S/c29-23(24-17-19-7-3-1-4-8-19)26-25-18-20-11-13-22(14-12-20)28-16-15-27-21-9-5-2-6-10-21/h1-14,18H,15-17H2,(H2,24,26,29)/b25-18-. The number of hydrogen-bond acceptors (Lipinski definition) is 4. The lowest BCUT2D eigenvalue weighted by Gasteiger charge is -2.08. The third kappa shape index (κ3) is 7.63. The Morgan fingerprint density at radius 2 is 1.38 bits per heavy atom. The second-order valence-corrected chi connectivity index (χ2v) is 6.53. The topological polar surface area (TPSA) is 54.9 Å². The highest BCUT2D eigenvalue weighted by molar-refractivity contribution is 7.80. The molecule has 6 heteroatoms. The number of para-hydroxylation sites is 1. The first-order chi connectivity index (χ1) is 14.3. The summed E-state index contributed by atoms with van der Waals surface area (Å²) in [7, 11) is 0. The largest absolute Gasteiger partial charge is 0.490 e. The number of hydrogen-bond donors (Lipinski definition) is 2. The maximum Gasteiger partial charge on any atom is 0.187 e. The second kappa shape index (κ2) is 11.5. The van der Waals surface area contributed by atoms with Crippen molar-refractivity contribution in [2.24, 2.45) is 5.10 Å². The summed E-state index contributed by atoms with van der Waals surface area (Å²) in [6.45, 7) is 1.62. The quantitative estimate of drug-likeness (QED) is 0.243. The average Bonchev–Trinajstić information content (AvgIpc) is 2.78. The number of thiocarbonyl (C=S) groups is 1. The fraction of sp³-hybridized carbons (Fsp3) is 0.130. The van der Waals surface area contributed by atoms with Crippen LogP contribution in [0.25, 0.3) is 0 Å². The third-order valence-electron chi connectivity index (χ3n) is 3.92. The van der Waals surface area contributed by atoms with Crippen LogP contribution in [-0.4, -0.2) is 24.5 Å². The molecule has 0 bridgehead atoms. The van der Waals surface area contributed by atoms with E-state index in [9.17, 15) is 0 Å². The summed E-state index contributed by atoms with van der Waals surface area (Å²) in [4.78, 5) is 0. The minimum atomic E-state index is 0.475. The number of benzene rings is 3. The zero-order chi connectivity index (χ0) is 20.2. The summed E-state index contributed by atoms with van der Waals surface area (Å²) >= 11 is 5.22. The van der Waals surface area contributed by atoms with Gasteiger partial charge in [0.25, 0.3) is 0 Å². The predicted molar refractivity (Wildman–Crippen MR) is 120 cm³/mol. The van der Waals surface area contributed by atoms with Crippen molar-refractivity contribution < 1.29 is 9.47 Å². The number of hydrazone groups is 1. The van der Waals surface area contributed by atoms with E-state index in [-0.39, 0.29) is 0 Å². The van der Waals surface area contributed by atoms with Gasteiger partial charge < -0.3 is 14.8 Å². The van der Waals surface area contributed by atoms with E-state index >= 15 is 0 Å². The van der Waals surface area contributed by atoms with Crippen LogP contribution < -0.4 is 20.2 Å². The lowest BCUT2D eigenvalue weighted by molar-refractivity contribution is 0.217. The molecule has 29 heavy (non-hydrogen) atoms. The predicted octanol–water partition coefficient (Wildman–Crippen LogP) is 4.14. The molecule has 0 radical (unpaired) electrons. The van der Waals surface area contributed by atoms with Crippen molar-refractivity contribution in [3.8, 4) is 11.5 Å². The summed E-state index contributed by atoms with van der Waals surface area (Å²) in [5.74, 6) is 1.62. The molecule has 0 atom stereocenters. The van der Waals surface area contributed by atoms with Crippen LogP contribution in [-0.2, 0) is 6.54 Å². The molecule has 5 nitrogen and oxygen atoms in total. The monoisotopic (exact) mass is 405 g/mol. The van der Waals surface area contributed by atoms with Crippen LogP contribution in [0.2, 0.25) is 0 Å². The maximum absolute atomic E-state index is 5.68. The summed E-state index contributed by atoms with van der Waals surface area (Å²) in [5.41, 5.74) is 4.91. The first-order valence-corrected chi connectivity index (χ1v) is 9.72. The Balaban J connectivity index is 1.34. The van der Waals surface area contributed by atoms with Gasteiger partial charge in [0.15, 0.2) is 5.11 Å². The van der Waals surface area contributed by atoms with Crippen molar-refractivity contribution in [1.29, 1.82) is 0 Å². The molecule has 0 saturated heterocycles. The fourth-order valence-electron chi connectivity index (χ4n) is 2.47. The molecule has 0 aliphatic rings. The molecule has 3 rings (SSSR count). The van der Waals surface area contributed by atoms with Crippen molar-refractivity contribution in [3.63, 3.8) is 0 Å². The van der Waals surface area contributed by atoms with Crippen LogP contribution >= 0.6 is 12.2 Å². The van der Waals surface area contributed by atoms with Gasteiger partial charge in [-0.25, -0.2) is 0 Å². The Kier molecular flexibility index (Phi) is 8.04. The van der Waals surface area contributed by atoms with E-state index in [1.807, 2.05) is 84.9 Å². The first-order valence-electron chi connectivity index (χ1n) is 9.31. The number of nitrogens with one attached hydrogen (secondary N) is 2. The van der Waals surface area contributed by atoms with Crippen LogP contribution in [0.1, 0.15) is 11.1 Å². The molecule has 0 unspecified atom stereocenters. The minimum Gasteiger partial charge on any atom is -0.490 e. The van der Waals surface area contributed by atoms with Crippen molar-refractivity contribution in [1.82, 2.24) is 10.7 Å². The lowest BCUT2D eigenvalue weighted by Crippen LogP contribution is -2.31. The Labute approximate surface area is 176 Å². The van der Waals surface area contributed by atoms with Crippen LogP contribution in [0.15, 0.2) is 90.0 Å². The number of ether oxygens (including phenoxy) is 2. The molecule has 0 amide bonds. The molecule has 0 spiro atoms. The van der Waals surface area contributed by atoms with Crippen LogP contribution in [0, 0.1) is 0 Å². The number of rotatable bonds is 9. The van der Waals surface area contributed by atoms with E-state index in [4.69, 9.17) is 21.7 Å². The molecular weight excluding hydrogens is 382 g/mol. The first kappa shape index (κ1) is 20.4. The molecule has 0 saturated carbocycles. The average molecular weight is 406 g/mol. The summed E-state index contributed by atoms with van der Waals surface area (Å²) < 4.78 is 11.3. The SMILES string of the molecule is S=C(NCc1ccccc1)N/N=C\c1ccc(OCCOc2ccccc2)cc1. The van der Waals surface area contributed by atoms with Gasteiger partial charge in [0.2, 0.25) is 0 Å². The summed E-state index contributed by atoms with van der Waals surface area (Å²) in [6, 6.07) is 27.4. The normalized spacial score (nSPS) is 10.5. The third-order valence-corrected chi connectivity index (χ3v) is 4.16. The van der Waals surface area contributed by atoms with Crippen molar-refractivity contribution >= 4 is 23.5 Å². The summed E-state index contributed by atoms with van der Waals surface area (Å²) in [6.07, 6.45) is 1.71. The Hall–Kier alpha value is -3.38. The van der Waals surface area contributed by atoms with Gasteiger partial charge in [0, 0.05) is 6.54 Å². The van der Waals surface area contributed by atoms with Gasteiger partial charge in [-0.05, 0) is 59.7 Å². The molecule has 0 fully saturated rings. The lowest BCUT2D eigenvalue weighted by atomic mass is 10.2. The molecule has 148 valence electrons. The second-order valence-electron chi connectivity index (χ2n) is 6.12. The molecule has 0 aliphatic carbocycles. The van der Waals surface area contributed by atoms with Gasteiger partial charge in [-0.2, -0.15) is 5.10 Å². The van der Waals surface area contributed by atoms with Gasteiger partial charge >= 0.3 is 0 Å². The van der Waals surface area contributed by atoms with E-state index in [1.54, 1.807) is 6.21 Å². The highest BCUT2D eigenvalue weighted by atomic mass is 32.1. The highest BCUT2D eigenvalue weighted by Gasteiger charge is 1.97. The van der Waals surface area contributed by atoms with E-state index in [0.717, 1.165) is 22.6 Å². The van der Waals surface area contributed by atoms with Crippen LogP contribution in [0.5, 0.6) is 11.5 Å². The zero-order valence-electron chi connectivity index (χ0n) is 16.0. The van der Waals surface area contributed by atoms with Crippen LogP contribution in [0.3, 0.4) is 0 Å². The highest BCUT2D eigenvalue weighted by Crippen LogP contribution is 2.12. The van der Waals surface area contributed by atoms with Crippen molar-refractivity contribution in [2.75, 3.05) is 13.2 Å². The van der Waals surface area contributed by atoms with Crippen molar-refractivity contribution in [2.45, 2.75) is 6.54 Å². The molecule has 0 heterocycles. The number of nitrogens with zero attached hydrogens (tertiary/aromatic N) is 1. The van der Waals surface area contributed by atoms with Gasteiger partial charge in [-0.3, -0.25) is 5.43 Å². The molecule has 3 aromatic carbocycles. The van der Waals surface area contributed by atoms with Crippen LogP contribution in [0.4, 0.5) is 0 Å². The van der Waals surface area contributed by atoms with Gasteiger partial charge in [0.1, 0.15) is 24.7 Å². The van der Waals surface area contributed by atoms with Gasteiger partial charge in [-0.15, -0.1) is 0 Å². The van der Waals surface area contributed by atoms with E-state index < -0.39 is 0 Å². The Morgan fingerprint density at radius 3 is 2.03 bits per heavy atom.